The number of ketones is 1. The van der Waals surface area contributed by atoms with Crippen molar-refractivity contribution in [1.29, 1.82) is 0 Å². The van der Waals surface area contributed by atoms with Gasteiger partial charge in [-0.25, -0.2) is 0 Å². The van der Waals surface area contributed by atoms with Gasteiger partial charge in [-0.15, -0.1) is 0 Å². The monoisotopic (exact) mass is 290 g/mol. The van der Waals surface area contributed by atoms with Crippen molar-refractivity contribution in [3.63, 3.8) is 0 Å². The van der Waals surface area contributed by atoms with Crippen LogP contribution in [-0.2, 0) is 20.3 Å². The van der Waals surface area contributed by atoms with Gasteiger partial charge in [0.25, 0.3) is 0 Å². The molecule has 4 heteroatoms. The summed E-state index contributed by atoms with van der Waals surface area (Å²) >= 11 is 0. The van der Waals surface area contributed by atoms with Crippen molar-refractivity contribution in [3.05, 3.63) is 42.0 Å². The van der Waals surface area contributed by atoms with Gasteiger partial charge in [0.05, 0.1) is 22.8 Å². The van der Waals surface area contributed by atoms with Crippen molar-refractivity contribution in [3.8, 4) is 0 Å². The lowest BCUT2D eigenvalue weighted by Gasteiger charge is -2.39. The third kappa shape index (κ3) is 1.82. The molecule has 20 heavy (non-hydrogen) atoms. The molecule has 2 bridgehead atoms. The summed E-state index contributed by atoms with van der Waals surface area (Å²) in [6.07, 6.45) is 3.48. The zero-order chi connectivity index (χ0) is 14.5. The molecule has 1 unspecified atom stereocenters. The average molecular weight is 290 g/mol. The first kappa shape index (κ1) is 13.7. The normalized spacial score (nSPS) is 37.1. The maximum Gasteiger partial charge on any atom is 0.176 e. The molecule has 2 heterocycles. The van der Waals surface area contributed by atoms with Gasteiger partial charge in [0.2, 0.25) is 0 Å². The maximum atomic E-state index is 12.9. The third-order valence-corrected chi connectivity index (χ3v) is 6.20. The summed E-state index contributed by atoms with van der Waals surface area (Å²) in [4.78, 5) is 12.0. The summed E-state index contributed by atoms with van der Waals surface area (Å²) in [5, 5.41) is 0. The number of Topliss-reactive ketones (excluding diaryl/α,β-unsaturated/α-hetero) is 1. The second kappa shape index (κ2) is 4.64. The Morgan fingerprint density at radius 3 is 2.50 bits per heavy atom. The Morgan fingerprint density at radius 1 is 1.20 bits per heavy atom. The smallest absolute Gasteiger partial charge is 0.176 e. The molecule has 106 valence electrons. The van der Waals surface area contributed by atoms with E-state index in [2.05, 4.69) is 0 Å². The van der Waals surface area contributed by atoms with Gasteiger partial charge in [0.15, 0.2) is 4.93 Å². The van der Waals surface area contributed by atoms with Crippen LogP contribution in [-0.4, -0.2) is 21.0 Å². The predicted molar refractivity (Wildman–Crippen MR) is 77.7 cm³/mol. The lowest BCUT2D eigenvalue weighted by Crippen LogP contribution is -2.52. The highest BCUT2D eigenvalue weighted by Crippen LogP contribution is 2.45. The highest BCUT2D eigenvalue weighted by molar-refractivity contribution is 7.86. The van der Waals surface area contributed by atoms with E-state index in [9.17, 15) is 9.00 Å². The first-order chi connectivity index (χ1) is 9.45. The lowest BCUT2D eigenvalue weighted by atomic mass is 9.87. The minimum absolute atomic E-state index is 0.131. The fourth-order valence-electron chi connectivity index (χ4n) is 2.90. The van der Waals surface area contributed by atoms with Crippen molar-refractivity contribution in [2.24, 2.45) is 11.8 Å². The standard InChI is InChI=1S/C16H18O3S/c1-10-4-6-13(7-5-10)20(18)16-9-8-14(19-16)11(2)15(17)12(16)3/h4-9,11-12,14H,1-3H3/t11-,12-,14+,16+,20?/m1/s1. The van der Waals surface area contributed by atoms with Crippen LogP contribution in [0.15, 0.2) is 41.3 Å². The third-order valence-electron chi connectivity index (χ3n) is 4.34. The molecule has 2 aliphatic rings. The molecule has 1 aromatic rings. The Kier molecular flexibility index (Phi) is 3.18. The van der Waals surface area contributed by atoms with Crippen LogP contribution in [0.2, 0.25) is 0 Å². The fourth-order valence-corrected chi connectivity index (χ4v) is 4.49. The molecule has 1 fully saturated rings. The minimum atomic E-state index is -1.39. The van der Waals surface area contributed by atoms with Gasteiger partial charge < -0.3 is 4.74 Å². The molecule has 0 amide bonds. The number of carbonyl (C=O) groups excluding carboxylic acids is 1. The first-order valence-electron chi connectivity index (χ1n) is 6.85. The van der Waals surface area contributed by atoms with Gasteiger partial charge in [-0.05, 0) is 25.1 Å². The van der Waals surface area contributed by atoms with E-state index in [0.29, 0.717) is 4.90 Å². The van der Waals surface area contributed by atoms with Crippen LogP contribution in [0.25, 0.3) is 0 Å². The molecule has 3 rings (SSSR count). The predicted octanol–water partition coefficient (Wildman–Crippen LogP) is 2.61. The molecule has 0 N–H and O–H groups in total. The second-order valence-corrected chi connectivity index (χ2v) is 7.30. The number of benzene rings is 1. The second-order valence-electron chi connectivity index (χ2n) is 5.66. The van der Waals surface area contributed by atoms with E-state index in [1.807, 2.05) is 57.2 Å². The molecule has 1 aromatic carbocycles. The Balaban J connectivity index is 2.00. The van der Waals surface area contributed by atoms with E-state index < -0.39 is 21.7 Å². The van der Waals surface area contributed by atoms with Gasteiger partial charge in [-0.1, -0.05) is 37.6 Å². The number of aryl methyl sites for hydroxylation is 1. The number of carbonyl (C=O) groups is 1. The van der Waals surface area contributed by atoms with E-state index in [1.165, 1.54) is 0 Å². The van der Waals surface area contributed by atoms with Crippen LogP contribution in [0.4, 0.5) is 0 Å². The Bertz CT molecular complexity index is 605. The van der Waals surface area contributed by atoms with Crippen LogP contribution in [0.3, 0.4) is 0 Å². The zero-order valence-corrected chi connectivity index (χ0v) is 12.6. The van der Waals surface area contributed by atoms with Gasteiger partial charge in [0.1, 0.15) is 5.78 Å². The highest BCUT2D eigenvalue weighted by atomic mass is 32.2. The van der Waals surface area contributed by atoms with Crippen molar-refractivity contribution in [2.45, 2.75) is 36.7 Å². The van der Waals surface area contributed by atoms with Crippen LogP contribution in [0.5, 0.6) is 0 Å². The van der Waals surface area contributed by atoms with Crippen molar-refractivity contribution >= 4 is 16.6 Å². The summed E-state index contributed by atoms with van der Waals surface area (Å²) in [6.45, 7) is 5.68. The summed E-state index contributed by atoms with van der Waals surface area (Å²) < 4.78 is 18.9. The first-order valence-corrected chi connectivity index (χ1v) is 8.00. The Morgan fingerprint density at radius 2 is 1.85 bits per heavy atom. The van der Waals surface area contributed by atoms with E-state index in [4.69, 9.17) is 4.74 Å². The van der Waals surface area contributed by atoms with E-state index in [1.54, 1.807) is 0 Å². The zero-order valence-electron chi connectivity index (χ0n) is 11.8. The van der Waals surface area contributed by atoms with Gasteiger partial charge in [-0.3, -0.25) is 9.00 Å². The summed E-state index contributed by atoms with van der Waals surface area (Å²) in [7, 11) is -1.39. The molecule has 0 aliphatic carbocycles. The van der Waals surface area contributed by atoms with Crippen LogP contribution in [0.1, 0.15) is 19.4 Å². The SMILES string of the molecule is Cc1ccc(S(=O)[C@]23C=C[C@H](O2)[C@@H](C)C(=O)[C@H]3C)cc1. The van der Waals surface area contributed by atoms with E-state index in [-0.39, 0.29) is 17.8 Å². The van der Waals surface area contributed by atoms with Crippen molar-refractivity contribution in [1.82, 2.24) is 0 Å². The fraction of sp³-hybridized carbons (Fsp3) is 0.438. The largest absolute Gasteiger partial charge is 0.349 e. The molecule has 0 spiro atoms. The van der Waals surface area contributed by atoms with Gasteiger partial charge >= 0.3 is 0 Å². The number of rotatable bonds is 2. The molecule has 3 nitrogen and oxygen atoms in total. The van der Waals surface area contributed by atoms with Gasteiger partial charge in [0, 0.05) is 10.8 Å². The molecule has 2 aliphatic heterocycles. The molecular formula is C16H18O3S. The quantitative estimate of drug-likeness (QED) is 0.786. The molecule has 1 saturated heterocycles. The van der Waals surface area contributed by atoms with Crippen LogP contribution < -0.4 is 0 Å². The van der Waals surface area contributed by atoms with Crippen LogP contribution >= 0.6 is 0 Å². The molecule has 0 radical (unpaired) electrons. The summed E-state index contributed by atoms with van der Waals surface area (Å²) in [5.41, 5.74) is 1.12. The number of hydrogen-bond donors (Lipinski definition) is 0. The highest BCUT2D eigenvalue weighted by Gasteiger charge is 2.56. The van der Waals surface area contributed by atoms with Crippen molar-refractivity contribution < 1.29 is 13.7 Å². The van der Waals surface area contributed by atoms with E-state index in [0.717, 1.165) is 5.56 Å². The Labute approximate surface area is 121 Å². The summed E-state index contributed by atoms with van der Waals surface area (Å²) in [6, 6.07) is 7.55. The minimum Gasteiger partial charge on any atom is -0.349 e. The Hall–Kier alpha value is -1.26. The molecular weight excluding hydrogens is 272 g/mol. The van der Waals surface area contributed by atoms with Gasteiger partial charge in [-0.2, -0.15) is 0 Å². The topological polar surface area (TPSA) is 43.4 Å². The number of fused-ring (bicyclic) bond motifs is 2. The average Bonchev–Trinajstić information content (AvgIpc) is 2.87. The maximum absolute atomic E-state index is 12.9. The molecule has 0 aromatic heterocycles. The number of ether oxygens (including phenoxy) is 1. The molecule has 0 saturated carbocycles. The van der Waals surface area contributed by atoms with Crippen LogP contribution in [0, 0.1) is 18.8 Å². The molecule has 5 atom stereocenters. The lowest BCUT2D eigenvalue weighted by molar-refractivity contribution is -0.146. The summed E-state index contributed by atoms with van der Waals surface area (Å²) in [5.74, 6) is -0.423. The van der Waals surface area contributed by atoms with Crippen molar-refractivity contribution in [2.75, 3.05) is 0 Å². The van der Waals surface area contributed by atoms with E-state index >= 15 is 0 Å². The number of hydrogen-bond acceptors (Lipinski definition) is 3.